The molecule has 0 atom stereocenters. The Labute approximate surface area is 120 Å². The molecule has 0 amide bonds. The molecular weight excluding hydrogens is 338 g/mol. The zero-order valence-electron chi connectivity index (χ0n) is 10.3. The minimum Gasteiger partial charge on any atom is -0.510 e. The van der Waals surface area contributed by atoms with Gasteiger partial charge in [0.05, 0.1) is 13.2 Å². The zero-order chi connectivity index (χ0) is 12.7. The summed E-state index contributed by atoms with van der Waals surface area (Å²) in [7, 11) is 2.05. The lowest BCUT2D eigenvalue weighted by Gasteiger charge is -2.14. The number of pyridine rings is 1. The third kappa shape index (κ3) is 1.77. The van der Waals surface area contributed by atoms with E-state index in [1.165, 1.54) is 11.3 Å². The molecule has 2 heterocycles. The van der Waals surface area contributed by atoms with Gasteiger partial charge in [0.2, 0.25) is 0 Å². The number of hydrogen-bond acceptors (Lipinski definition) is 2. The summed E-state index contributed by atoms with van der Waals surface area (Å²) in [5.41, 5.74) is 2.40. The van der Waals surface area contributed by atoms with E-state index < -0.39 is 0 Å². The molecule has 3 nitrogen and oxygen atoms in total. The molecule has 2 aromatic rings. The van der Waals surface area contributed by atoms with E-state index in [4.69, 9.17) is 4.65 Å². The maximum atomic E-state index is 5.91. The van der Waals surface area contributed by atoms with Gasteiger partial charge >= 0.3 is 4.91 Å². The molecule has 1 aliphatic rings. The molecule has 0 bridgehead atoms. The third-order valence-corrected chi connectivity index (χ3v) is 3.95. The smallest absolute Gasteiger partial charge is 0.510 e. The summed E-state index contributed by atoms with van der Waals surface area (Å²) in [5, 5.41) is 0. The molecular formula is C13H13BIN2O+. The van der Waals surface area contributed by atoms with Crippen molar-refractivity contribution < 1.29 is 9.22 Å². The van der Waals surface area contributed by atoms with Gasteiger partial charge in [-0.3, -0.25) is 0 Å². The highest BCUT2D eigenvalue weighted by atomic mass is 127. The van der Waals surface area contributed by atoms with Crippen molar-refractivity contribution in [1.82, 2.24) is 0 Å². The Kier molecular flexibility index (Phi) is 2.93. The first-order valence-electron chi connectivity index (χ1n) is 5.83. The molecule has 18 heavy (non-hydrogen) atoms. The van der Waals surface area contributed by atoms with Crippen LogP contribution in [0.2, 0.25) is 0 Å². The molecule has 90 valence electrons. The number of para-hydroxylation sites is 1. The molecule has 3 rings (SSSR count). The van der Waals surface area contributed by atoms with Gasteiger partial charge in [0.25, 0.3) is 5.82 Å². The Hall–Kier alpha value is -1.24. The molecule has 0 aliphatic carbocycles. The van der Waals surface area contributed by atoms with Crippen molar-refractivity contribution in [2.45, 2.75) is 6.92 Å². The zero-order valence-corrected chi connectivity index (χ0v) is 12.5. The van der Waals surface area contributed by atoms with Crippen LogP contribution in [0.1, 0.15) is 5.56 Å². The fourth-order valence-corrected chi connectivity index (χ4v) is 3.12. The Morgan fingerprint density at radius 1 is 1.22 bits per heavy atom. The van der Waals surface area contributed by atoms with Gasteiger partial charge in [-0.05, 0) is 47.0 Å². The van der Waals surface area contributed by atoms with E-state index in [9.17, 15) is 0 Å². The first kappa shape index (κ1) is 11.8. The molecule has 1 aromatic heterocycles. The quantitative estimate of drug-likeness (QED) is 0.446. The fraction of sp³-hybridized carbons (Fsp3) is 0.154. The highest BCUT2D eigenvalue weighted by Gasteiger charge is 2.45. The highest BCUT2D eigenvalue weighted by Crippen LogP contribution is 2.43. The highest BCUT2D eigenvalue weighted by molar-refractivity contribution is 14.1. The van der Waals surface area contributed by atoms with Crippen molar-refractivity contribution >= 4 is 38.8 Å². The third-order valence-electron chi connectivity index (χ3n) is 3.14. The summed E-state index contributed by atoms with van der Waals surface area (Å²) in [6, 6.07) is 12.4. The predicted octanol–water partition coefficient (Wildman–Crippen LogP) is 2.77. The topological polar surface area (TPSA) is 16.4 Å². The maximum Gasteiger partial charge on any atom is 0.683 e. The van der Waals surface area contributed by atoms with E-state index in [1.54, 1.807) is 0 Å². The van der Waals surface area contributed by atoms with Gasteiger partial charge in [-0.25, -0.2) is 9.38 Å². The van der Waals surface area contributed by atoms with Crippen LogP contribution in [-0.4, -0.2) is 4.91 Å². The van der Waals surface area contributed by atoms with E-state index in [2.05, 4.69) is 70.1 Å². The molecule has 0 spiro atoms. The summed E-state index contributed by atoms with van der Waals surface area (Å²) >= 11 is 2.32. The van der Waals surface area contributed by atoms with Crippen molar-refractivity contribution in [2.75, 3.05) is 4.81 Å². The van der Waals surface area contributed by atoms with Gasteiger partial charge in [-0.2, -0.15) is 0 Å². The first-order valence-corrected chi connectivity index (χ1v) is 7.07. The van der Waals surface area contributed by atoms with E-state index in [0.717, 1.165) is 11.6 Å². The Bertz CT molecular complexity index is 605. The van der Waals surface area contributed by atoms with Crippen LogP contribution in [0.5, 0.6) is 5.75 Å². The number of nitrogens with zero attached hydrogens (tertiary/aromatic N) is 2. The first-order chi connectivity index (χ1) is 8.68. The average molecular weight is 351 g/mol. The van der Waals surface area contributed by atoms with Crippen LogP contribution >= 0.6 is 22.4 Å². The van der Waals surface area contributed by atoms with Crippen LogP contribution in [0.25, 0.3) is 0 Å². The molecule has 0 saturated heterocycles. The number of benzene rings is 1. The van der Waals surface area contributed by atoms with Crippen LogP contribution < -0.4 is 14.0 Å². The van der Waals surface area contributed by atoms with Crippen molar-refractivity contribution in [3.8, 4) is 5.75 Å². The lowest BCUT2D eigenvalue weighted by Crippen LogP contribution is -2.41. The minimum atomic E-state index is -0.00713. The minimum absolute atomic E-state index is 0.00713. The summed E-state index contributed by atoms with van der Waals surface area (Å²) in [5.74, 6) is 2.09. The molecule has 1 aromatic carbocycles. The van der Waals surface area contributed by atoms with E-state index >= 15 is 0 Å². The van der Waals surface area contributed by atoms with Gasteiger partial charge in [0, 0.05) is 6.07 Å². The van der Waals surface area contributed by atoms with Crippen LogP contribution in [-0.2, 0) is 7.05 Å². The maximum absolute atomic E-state index is 5.91. The van der Waals surface area contributed by atoms with Gasteiger partial charge < -0.3 is 4.65 Å². The monoisotopic (exact) mass is 351 g/mol. The standard InChI is InChI=1S/C13H13BIN2O/c1-10-6-5-7-11-13(10)17(14(15)18-11)12-8-3-4-9-16(12)2/h3-9H,1-2H3/q+1. The van der Waals surface area contributed by atoms with Crippen LogP contribution in [0.4, 0.5) is 11.5 Å². The van der Waals surface area contributed by atoms with Gasteiger partial charge in [0.1, 0.15) is 5.75 Å². The van der Waals surface area contributed by atoms with Crippen molar-refractivity contribution in [3.63, 3.8) is 0 Å². The van der Waals surface area contributed by atoms with Crippen LogP contribution in [0, 0.1) is 6.92 Å². The Balaban J connectivity index is 2.18. The number of aromatic nitrogens is 1. The lowest BCUT2D eigenvalue weighted by molar-refractivity contribution is -0.658. The fourth-order valence-electron chi connectivity index (χ4n) is 2.28. The lowest BCUT2D eigenvalue weighted by atomic mass is 10.1. The predicted molar refractivity (Wildman–Crippen MR) is 81.3 cm³/mol. The van der Waals surface area contributed by atoms with Crippen molar-refractivity contribution in [2.24, 2.45) is 7.05 Å². The average Bonchev–Trinajstić information content (AvgIpc) is 2.68. The number of hydrogen-bond donors (Lipinski definition) is 0. The second-order valence-electron chi connectivity index (χ2n) is 4.37. The molecule has 0 saturated carbocycles. The second-order valence-corrected chi connectivity index (χ2v) is 5.44. The summed E-state index contributed by atoms with van der Waals surface area (Å²) in [6.07, 6.45) is 2.05. The van der Waals surface area contributed by atoms with Gasteiger partial charge in [0.15, 0.2) is 5.69 Å². The molecule has 0 N–H and O–H groups in total. The number of anilines is 2. The van der Waals surface area contributed by atoms with Crippen LogP contribution in [0.3, 0.4) is 0 Å². The summed E-state index contributed by atoms with van der Waals surface area (Å²) in [4.78, 5) is 2.22. The van der Waals surface area contributed by atoms with Gasteiger partial charge in [-0.15, -0.1) is 0 Å². The van der Waals surface area contributed by atoms with Crippen molar-refractivity contribution in [1.29, 1.82) is 0 Å². The SMILES string of the molecule is Cc1cccc2c1N(c1cccc[n+]1C)B(I)O2. The largest absolute Gasteiger partial charge is 0.683 e. The second kappa shape index (κ2) is 4.46. The van der Waals surface area contributed by atoms with Crippen molar-refractivity contribution in [3.05, 3.63) is 48.2 Å². The molecule has 0 radical (unpaired) electrons. The molecule has 0 fully saturated rings. The Morgan fingerprint density at radius 2 is 2.06 bits per heavy atom. The number of fused-ring (bicyclic) bond motifs is 1. The number of aryl methyl sites for hydroxylation is 2. The molecule has 1 aliphatic heterocycles. The number of halogens is 1. The van der Waals surface area contributed by atoms with E-state index in [-0.39, 0.29) is 4.91 Å². The van der Waals surface area contributed by atoms with Crippen LogP contribution in [0.15, 0.2) is 42.6 Å². The van der Waals surface area contributed by atoms with E-state index in [0.29, 0.717) is 0 Å². The molecule has 0 unspecified atom stereocenters. The summed E-state index contributed by atoms with van der Waals surface area (Å²) < 4.78 is 8.02. The summed E-state index contributed by atoms with van der Waals surface area (Å²) in [6.45, 7) is 2.12. The van der Waals surface area contributed by atoms with E-state index in [1.807, 2.05) is 18.2 Å². The van der Waals surface area contributed by atoms with Gasteiger partial charge in [-0.1, -0.05) is 18.2 Å². The number of rotatable bonds is 1. The normalized spacial score (nSPS) is 13.5. The molecule has 5 heteroatoms. The Morgan fingerprint density at radius 3 is 2.83 bits per heavy atom.